The fraction of sp³-hybridized carbons (Fsp3) is 0.258. The summed E-state index contributed by atoms with van der Waals surface area (Å²) in [7, 11) is -1.80. The highest BCUT2D eigenvalue weighted by molar-refractivity contribution is 7.93. The van der Waals surface area contributed by atoms with Crippen molar-refractivity contribution in [3.05, 3.63) is 84.6 Å². The zero-order valence-corrected chi connectivity index (χ0v) is 24.4. The lowest BCUT2D eigenvalue weighted by atomic mass is 10.0. The molecule has 3 aromatic carbocycles. The molecule has 3 heterocycles. The van der Waals surface area contributed by atoms with Gasteiger partial charge in [-0.1, -0.05) is 25.1 Å². The number of anilines is 5. The number of aromatic nitrogens is 2. The molecule has 2 aliphatic heterocycles. The van der Waals surface area contributed by atoms with Gasteiger partial charge in [-0.3, -0.25) is 9.10 Å². The Labute approximate surface area is 246 Å². The van der Waals surface area contributed by atoms with Gasteiger partial charge in [-0.25, -0.2) is 18.4 Å². The minimum atomic E-state index is -3.93. The van der Waals surface area contributed by atoms with Gasteiger partial charge in [-0.15, -0.1) is 0 Å². The molecule has 1 amide bonds. The number of fused-ring (bicyclic) bond motifs is 3. The number of para-hydroxylation sites is 1. The largest absolute Gasteiger partial charge is 0.369 e. The van der Waals surface area contributed by atoms with Crippen LogP contribution in [0.1, 0.15) is 23.7 Å². The molecular weight excluding hydrogens is 550 g/mol. The average Bonchev–Trinajstić information content (AvgIpc) is 3.00. The molecule has 0 aliphatic carbocycles. The van der Waals surface area contributed by atoms with Crippen LogP contribution in [0, 0.1) is 0 Å². The Balaban J connectivity index is 1.30. The van der Waals surface area contributed by atoms with Crippen LogP contribution in [0.15, 0.2) is 83.9 Å². The number of rotatable bonds is 7. The first-order chi connectivity index (χ1) is 20.3. The highest BCUT2D eigenvalue weighted by Crippen LogP contribution is 2.43. The molecule has 1 fully saturated rings. The number of sulfonamides is 1. The molecule has 0 atom stereocenters. The third-order valence-corrected chi connectivity index (χ3v) is 9.37. The number of carbonyl (C=O) groups is 1. The van der Waals surface area contributed by atoms with E-state index in [1.54, 1.807) is 30.3 Å². The predicted octanol–water partition coefficient (Wildman–Crippen LogP) is 4.81. The number of nitrogens with one attached hydrogen (secondary N) is 2. The second-order valence-electron chi connectivity index (χ2n) is 10.5. The number of piperazine rings is 1. The molecule has 6 rings (SSSR count). The van der Waals surface area contributed by atoms with E-state index in [0.717, 1.165) is 37.6 Å². The molecule has 10 nitrogen and oxygen atoms in total. The molecule has 0 unspecified atom stereocenters. The molecule has 4 aromatic rings. The maximum Gasteiger partial charge on any atom is 0.268 e. The van der Waals surface area contributed by atoms with E-state index in [0.29, 0.717) is 34.6 Å². The smallest absolute Gasteiger partial charge is 0.268 e. The van der Waals surface area contributed by atoms with Gasteiger partial charge in [0, 0.05) is 60.9 Å². The first-order valence-electron chi connectivity index (χ1n) is 14.0. The van der Waals surface area contributed by atoms with Crippen molar-refractivity contribution in [3.63, 3.8) is 0 Å². The minimum Gasteiger partial charge on any atom is -0.369 e. The van der Waals surface area contributed by atoms with Crippen molar-refractivity contribution in [3.8, 4) is 11.3 Å². The normalized spacial score (nSPS) is 16.0. The van der Waals surface area contributed by atoms with Crippen LogP contribution in [0.4, 0.5) is 28.7 Å². The molecule has 11 heteroatoms. The third kappa shape index (κ3) is 5.40. The summed E-state index contributed by atoms with van der Waals surface area (Å²) < 4.78 is 28.8. The van der Waals surface area contributed by atoms with Gasteiger partial charge in [0.2, 0.25) is 5.95 Å². The van der Waals surface area contributed by atoms with E-state index in [4.69, 9.17) is 0 Å². The summed E-state index contributed by atoms with van der Waals surface area (Å²) in [5.41, 5.74) is 4.31. The van der Waals surface area contributed by atoms with Crippen molar-refractivity contribution >= 4 is 44.6 Å². The van der Waals surface area contributed by atoms with E-state index in [9.17, 15) is 13.2 Å². The number of hydrogen-bond acceptors (Lipinski definition) is 8. The molecule has 216 valence electrons. The lowest BCUT2D eigenvalue weighted by Gasteiger charge is -2.34. The van der Waals surface area contributed by atoms with E-state index in [-0.39, 0.29) is 23.3 Å². The van der Waals surface area contributed by atoms with Crippen LogP contribution < -0.4 is 19.8 Å². The Bertz CT molecular complexity index is 1700. The number of carbonyl (C=O) groups excluding carboxylic acids is 1. The van der Waals surface area contributed by atoms with Crippen molar-refractivity contribution in [2.24, 2.45) is 0 Å². The molecule has 2 aliphatic rings. The minimum absolute atomic E-state index is 0.0425. The zero-order chi connectivity index (χ0) is 29.3. The van der Waals surface area contributed by atoms with Crippen molar-refractivity contribution in [2.45, 2.75) is 18.2 Å². The summed E-state index contributed by atoms with van der Waals surface area (Å²) in [4.78, 5) is 26.8. The number of amides is 1. The SMILES string of the molecule is CCCN1c2cc(C(=O)Nc3ccccc3)ccc2-c2nc(Nc3ccc(N4CCN(C)CC4)cc3)ncc2S1(=O)=O. The number of hydrogen-bond donors (Lipinski definition) is 2. The molecule has 2 N–H and O–H groups in total. The Morgan fingerprint density at radius 2 is 1.67 bits per heavy atom. The van der Waals surface area contributed by atoms with Gasteiger partial charge >= 0.3 is 0 Å². The molecule has 1 saturated heterocycles. The molecule has 0 bridgehead atoms. The van der Waals surface area contributed by atoms with Crippen molar-refractivity contribution in [2.75, 3.05) is 59.6 Å². The van der Waals surface area contributed by atoms with E-state index in [2.05, 4.69) is 49.6 Å². The molecular formula is C31H33N7O3S. The third-order valence-electron chi connectivity index (χ3n) is 7.56. The van der Waals surface area contributed by atoms with Crippen LogP contribution in [-0.2, 0) is 10.0 Å². The summed E-state index contributed by atoms with van der Waals surface area (Å²) in [5, 5.41) is 6.09. The van der Waals surface area contributed by atoms with E-state index >= 15 is 0 Å². The molecule has 0 saturated carbocycles. The molecule has 42 heavy (non-hydrogen) atoms. The summed E-state index contributed by atoms with van der Waals surface area (Å²) in [5.74, 6) is -0.0363. The fourth-order valence-corrected chi connectivity index (χ4v) is 6.91. The molecule has 1 aromatic heterocycles. The second kappa shape index (κ2) is 11.4. The van der Waals surface area contributed by atoms with E-state index in [1.807, 2.05) is 37.3 Å². The highest BCUT2D eigenvalue weighted by atomic mass is 32.2. The van der Waals surface area contributed by atoms with Crippen molar-refractivity contribution in [1.82, 2.24) is 14.9 Å². The summed E-state index contributed by atoms with van der Waals surface area (Å²) in [6.07, 6.45) is 1.96. The Morgan fingerprint density at radius 1 is 0.929 bits per heavy atom. The zero-order valence-electron chi connectivity index (χ0n) is 23.6. The van der Waals surface area contributed by atoms with Crippen LogP contribution in [-0.4, -0.2) is 69.0 Å². The van der Waals surface area contributed by atoms with Crippen molar-refractivity contribution < 1.29 is 13.2 Å². The van der Waals surface area contributed by atoms with Crippen LogP contribution in [0.2, 0.25) is 0 Å². The monoisotopic (exact) mass is 583 g/mol. The maximum atomic E-state index is 13.7. The average molecular weight is 584 g/mol. The van der Waals surface area contributed by atoms with E-state index < -0.39 is 10.0 Å². The van der Waals surface area contributed by atoms with Crippen LogP contribution in [0.3, 0.4) is 0 Å². The first kappa shape index (κ1) is 27.7. The van der Waals surface area contributed by atoms with Gasteiger partial charge in [-0.05, 0) is 68.1 Å². The standard InChI is InChI=1S/C31H33N7O3S/c1-3-15-38-27-20-22(30(39)33-23-7-5-4-6-8-23)9-14-26(27)29-28(42(38,40)41)21-32-31(35-29)34-24-10-12-25(13-11-24)37-18-16-36(2)17-19-37/h4-14,20-21H,3,15-19H2,1-2H3,(H,33,39)(H,32,34,35). The van der Waals surface area contributed by atoms with Gasteiger partial charge in [0.1, 0.15) is 4.90 Å². The van der Waals surface area contributed by atoms with Crippen LogP contribution >= 0.6 is 0 Å². The fourth-order valence-electron chi connectivity index (χ4n) is 5.26. The van der Waals surface area contributed by atoms with Gasteiger partial charge in [-0.2, -0.15) is 0 Å². The van der Waals surface area contributed by atoms with Crippen molar-refractivity contribution in [1.29, 1.82) is 0 Å². The predicted molar refractivity (Wildman–Crippen MR) is 166 cm³/mol. The topological polar surface area (TPSA) is 111 Å². The van der Waals surface area contributed by atoms with Gasteiger partial charge < -0.3 is 20.4 Å². The number of benzene rings is 3. The molecule has 0 spiro atoms. The summed E-state index contributed by atoms with van der Waals surface area (Å²) in [6, 6.07) is 22.3. The first-order valence-corrected chi connectivity index (χ1v) is 15.5. The van der Waals surface area contributed by atoms with Crippen LogP contribution in [0.5, 0.6) is 0 Å². The quantitative estimate of drug-likeness (QED) is 0.319. The Kier molecular flexibility index (Phi) is 7.53. The lowest BCUT2D eigenvalue weighted by molar-refractivity contribution is 0.102. The van der Waals surface area contributed by atoms with E-state index in [1.165, 1.54) is 10.5 Å². The van der Waals surface area contributed by atoms with Crippen LogP contribution in [0.25, 0.3) is 11.3 Å². The van der Waals surface area contributed by atoms with Gasteiger partial charge in [0.15, 0.2) is 0 Å². The molecule has 0 radical (unpaired) electrons. The maximum absolute atomic E-state index is 13.7. The second-order valence-corrected chi connectivity index (χ2v) is 12.3. The lowest BCUT2D eigenvalue weighted by Crippen LogP contribution is -2.44. The highest BCUT2D eigenvalue weighted by Gasteiger charge is 2.36. The summed E-state index contributed by atoms with van der Waals surface area (Å²) >= 11 is 0. The Morgan fingerprint density at radius 3 is 2.38 bits per heavy atom. The van der Waals surface area contributed by atoms with Gasteiger partial charge in [0.25, 0.3) is 15.9 Å². The van der Waals surface area contributed by atoms with Gasteiger partial charge in [0.05, 0.1) is 17.6 Å². The summed E-state index contributed by atoms with van der Waals surface area (Å²) in [6.45, 7) is 6.20. The number of likely N-dealkylation sites (N-methyl/N-ethyl adjacent to an activating group) is 1. The number of nitrogens with zero attached hydrogens (tertiary/aromatic N) is 5. The Hall–Kier alpha value is -4.48.